The molecule has 94 valence electrons. The van der Waals surface area contributed by atoms with Crippen molar-refractivity contribution in [2.75, 3.05) is 6.54 Å². The molecule has 0 aliphatic carbocycles. The van der Waals surface area contributed by atoms with Crippen LogP contribution in [0.3, 0.4) is 0 Å². The topological polar surface area (TPSA) is 29.1 Å². The van der Waals surface area contributed by atoms with Crippen LogP contribution < -0.4 is 5.32 Å². The lowest BCUT2D eigenvalue weighted by atomic mass is 10.1. The number of thiophene rings is 1. The van der Waals surface area contributed by atoms with Crippen LogP contribution in [-0.2, 0) is 6.42 Å². The highest BCUT2D eigenvalue weighted by atomic mass is 79.9. The molecule has 5 heteroatoms. The number of carbonyl (C=O) groups is 1. The molecule has 1 amide bonds. The van der Waals surface area contributed by atoms with Gasteiger partial charge < -0.3 is 5.32 Å². The van der Waals surface area contributed by atoms with Crippen LogP contribution in [0.5, 0.6) is 0 Å². The predicted molar refractivity (Wildman–Crippen MR) is 79.5 cm³/mol. The molecule has 1 N–H and O–H groups in total. The second-order valence-corrected chi connectivity index (χ2v) is 6.37. The van der Waals surface area contributed by atoms with E-state index in [9.17, 15) is 4.79 Å². The average Bonchev–Trinajstić information content (AvgIpc) is 2.78. The highest BCUT2D eigenvalue weighted by Gasteiger charge is 2.07. The monoisotopic (exact) mass is 343 g/mol. The molecule has 0 radical (unpaired) electrons. The lowest BCUT2D eigenvalue weighted by molar-refractivity contribution is 0.0958. The summed E-state index contributed by atoms with van der Waals surface area (Å²) in [5.41, 5.74) is 1.20. The summed E-state index contributed by atoms with van der Waals surface area (Å²) in [5, 5.41) is 2.88. The summed E-state index contributed by atoms with van der Waals surface area (Å²) >= 11 is 10.5. The first-order chi connectivity index (χ1) is 8.65. The summed E-state index contributed by atoms with van der Waals surface area (Å²) in [6.45, 7) is 0.621. The number of halogens is 2. The molecule has 2 nitrogen and oxygen atoms in total. The molecule has 2 rings (SSSR count). The molecule has 0 aliphatic heterocycles. The lowest BCUT2D eigenvalue weighted by Gasteiger charge is -2.04. The van der Waals surface area contributed by atoms with Crippen molar-refractivity contribution in [3.05, 3.63) is 55.6 Å². The van der Waals surface area contributed by atoms with Gasteiger partial charge in [-0.25, -0.2) is 0 Å². The van der Waals surface area contributed by atoms with Crippen LogP contribution in [-0.4, -0.2) is 12.5 Å². The predicted octanol–water partition coefficient (Wildman–Crippen LogP) is 4.14. The van der Waals surface area contributed by atoms with Gasteiger partial charge in [0.05, 0.1) is 9.21 Å². The SMILES string of the molecule is O=C(NCCc1ccc(Br)cc1)c1ccc(Cl)s1. The van der Waals surface area contributed by atoms with Crippen molar-refractivity contribution >= 4 is 44.8 Å². The van der Waals surface area contributed by atoms with Crippen LogP contribution in [0.15, 0.2) is 40.9 Å². The van der Waals surface area contributed by atoms with E-state index in [1.54, 1.807) is 12.1 Å². The van der Waals surface area contributed by atoms with Gasteiger partial charge in [0, 0.05) is 11.0 Å². The first-order valence-electron chi connectivity index (χ1n) is 5.43. The molecule has 18 heavy (non-hydrogen) atoms. The third-order valence-electron chi connectivity index (χ3n) is 2.41. The largest absolute Gasteiger partial charge is 0.351 e. The van der Waals surface area contributed by atoms with Gasteiger partial charge in [0.1, 0.15) is 0 Å². The molecular formula is C13H11BrClNOS. The fourth-order valence-corrected chi connectivity index (χ4v) is 2.72. The van der Waals surface area contributed by atoms with Crippen molar-refractivity contribution in [3.8, 4) is 0 Å². The number of rotatable bonds is 4. The van der Waals surface area contributed by atoms with E-state index in [-0.39, 0.29) is 5.91 Å². The summed E-state index contributed by atoms with van der Waals surface area (Å²) in [6.07, 6.45) is 0.818. The van der Waals surface area contributed by atoms with Crippen LogP contribution in [0.4, 0.5) is 0 Å². The zero-order chi connectivity index (χ0) is 13.0. The lowest BCUT2D eigenvalue weighted by Crippen LogP contribution is -2.24. The van der Waals surface area contributed by atoms with E-state index >= 15 is 0 Å². The molecule has 2 aromatic rings. The Bertz CT molecular complexity index is 538. The van der Waals surface area contributed by atoms with E-state index in [1.807, 2.05) is 24.3 Å². The summed E-state index contributed by atoms with van der Waals surface area (Å²) < 4.78 is 1.69. The molecule has 0 saturated heterocycles. The van der Waals surface area contributed by atoms with Crippen LogP contribution in [0.25, 0.3) is 0 Å². The second kappa shape index (κ2) is 6.36. The van der Waals surface area contributed by atoms with Gasteiger partial charge in [0.25, 0.3) is 5.91 Å². The third kappa shape index (κ3) is 3.83. The molecule has 0 bridgehead atoms. The molecule has 1 heterocycles. The first-order valence-corrected chi connectivity index (χ1v) is 7.42. The van der Waals surface area contributed by atoms with Crippen molar-refractivity contribution in [1.29, 1.82) is 0 Å². The van der Waals surface area contributed by atoms with Crippen LogP contribution in [0.2, 0.25) is 4.34 Å². The number of carbonyl (C=O) groups excluding carboxylic acids is 1. The van der Waals surface area contributed by atoms with E-state index in [2.05, 4.69) is 21.2 Å². The number of amides is 1. The van der Waals surface area contributed by atoms with Crippen molar-refractivity contribution in [2.45, 2.75) is 6.42 Å². The van der Waals surface area contributed by atoms with Crippen molar-refractivity contribution in [3.63, 3.8) is 0 Å². The highest BCUT2D eigenvalue weighted by Crippen LogP contribution is 2.21. The molecular weight excluding hydrogens is 334 g/mol. The minimum absolute atomic E-state index is 0.0657. The Morgan fingerprint density at radius 1 is 1.22 bits per heavy atom. The smallest absolute Gasteiger partial charge is 0.261 e. The maximum absolute atomic E-state index is 11.7. The zero-order valence-corrected chi connectivity index (χ0v) is 12.6. The Morgan fingerprint density at radius 2 is 1.94 bits per heavy atom. The Kier molecular flexibility index (Phi) is 4.80. The van der Waals surface area contributed by atoms with E-state index < -0.39 is 0 Å². The minimum Gasteiger partial charge on any atom is -0.351 e. The zero-order valence-electron chi connectivity index (χ0n) is 9.45. The van der Waals surface area contributed by atoms with Gasteiger partial charge in [-0.15, -0.1) is 11.3 Å². The summed E-state index contributed by atoms with van der Waals surface area (Å²) in [7, 11) is 0. The molecule has 0 aliphatic rings. The Morgan fingerprint density at radius 3 is 2.56 bits per heavy atom. The van der Waals surface area contributed by atoms with Gasteiger partial charge in [0.2, 0.25) is 0 Å². The van der Waals surface area contributed by atoms with Crippen LogP contribution >= 0.6 is 38.9 Å². The molecule has 0 unspecified atom stereocenters. The van der Waals surface area contributed by atoms with E-state index in [4.69, 9.17) is 11.6 Å². The number of nitrogens with one attached hydrogen (secondary N) is 1. The molecule has 0 spiro atoms. The quantitative estimate of drug-likeness (QED) is 0.887. The highest BCUT2D eigenvalue weighted by molar-refractivity contribution is 9.10. The maximum atomic E-state index is 11.7. The molecule has 0 fully saturated rings. The van der Waals surface area contributed by atoms with Crippen molar-refractivity contribution in [1.82, 2.24) is 5.32 Å². The second-order valence-electron chi connectivity index (χ2n) is 3.74. The summed E-state index contributed by atoms with van der Waals surface area (Å²) in [5.74, 6) is -0.0657. The van der Waals surface area contributed by atoms with Gasteiger partial charge in [0.15, 0.2) is 0 Å². The molecule has 1 aromatic carbocycles. The van der Waals surface area contributed by atoms with E-state index in [0.29, 0.717) is 15.8 Å². The normalized spacial score (nSPS) is 10.3. The average molecular weight is 345 g/mol. The van der Waals surface area contributed by atoms with Gasteiger partial charge in [-0.05, 0) is 36.2 Å². The minimum atomic E-state index is -0.0657. The van der Waals surface area contributed by atoms with Crippen molar-refractivity contribution < 1.29 is 4.79 Å². The fourth-order valence-electron chi connectivity index (χ4n) is 1.49. The number of hydrogen-bond donors (Lipinski definition) is 1. The van der Waals surface area contributed by atoms with Gasteiger partial charge in [-0.1, -0.05) is 39.7 Å². The van der Waals surface area contributed by atoms with Crippen molar-refractivity contribution in [2.24, 2.45) is 0 Å². The number of hydrogen-bond acceptors (Lipinski definition) is 2. The van der Waals surface area contributed by atoms with Crippen LogP contribution in [0.1, 0.15) is 15.2 Å². The maximum Gasteiger partial charge on any atom is 0.261 e. The third-order valence-corrected chi connectivity index (χ3v) is 4.17. The van der Waals surface area contributed by atoms with Crippen LogP contribution in [0, 0.1) is 0 Å². The van der Waals surface area contributed by atoms with E-state index in [0.717, 1.165) is 10.9 Å². The molecule has 0 atom stereocenters. The molecule has 0 saturated carbocycles. The Hall–Kier alpha value is -0.840. The summed E-state index contributed by atoms with van der Waals surface area (Å²) in [6, 6.07) is 11.5. The van der Waals surface area contributed by atoms with Gasteiger partial charge >= 0.3 is 0 Å². The number of benzene rings is 1. The fraction of sp³-hybridized carbons (Fsp3) is 0.154. The Balaban J connectivity index is 1.82. The summed E-state index contributed by atoms with van der Waals surface area (Å²) in [4.78, 5) is 12.4. The molecule has 1 aromatic heterocycles. The van der Waals surface area contributed by atoms with Gasteiger partial charge in [-0.3, -0.25) is 4.79 Å². The van der Waals surface area contributed by atoms with E-state index in [1.165, 1.54) is 16.9 Å². The standard InChI is InChI=1S/C13H11BrClNOS/c14-10-3-1-9(2-4-10)7-8-16-13(17)11-5-6-12(15)18-11/h1-6H,7-8H2,(H,16,17). The van der Waals surface area contributed by atoms with Gasteiger partial charge in [-0.2, -0.15) is 0 Å². The first kappa shape index (κ1) is 13.6. The Labute approximate surface area is 123 Å².